The molecule has 0 fully saturated rings. The second-order valence-corrected chi connectivity index (χ2v) is 3.85. The molecule has 0 bridgehead atoms. The number of aryl methyl sites for hydroxylation is 1. The lowest BCUT2D eigenvalue weighted by Crippen LogP contribution is -1.88. The average molecular weight is 197 g/mol. The molecule has 0 aliphatic heterocycles. The highest BCUT2D eigenvalue weighted by atomic mass is 16.5. The molecule has 2 nitrogen and oxygen atoms in total. The Morgan fingerprint density at radius 2 is 1.67 bits per heavy atom. The standard InChI is InChI=1S/C13H11NO/c1-9-6-7-11-10-4-2-3-5-12(10)14(15)13(11)8-9/h2-8,15H,1H3. The fraction of sp³-hybridized carbons (Fsp3) is 0.0769. The maximum atomic E-state index is 9.99. The molecule has 0 aliphatic rings. The predicted octanol–water partition coefficient (Wildman–Crippen LogP) is 3.34. The number of aromatic nitrogens is 1. The van der Waals surface area contributed by atoms with Crippen molar-refractivity contribution in [3.05, 3.63) is 48.0 Å². The fourth-order valence-corrected chi connectivity index (χ4v) is 2.06. The van der Waals surface area contributed by atoms with Crippen LogP contribution in [0.5, 0.6) is 0 Å². The lowest BCUT2D eigenvalue weighted by molar-refractivity contribution is 0.213. The molecule has 0 saturated carbocycles. The quantitative estimate of drug-likeness (QED) is 0.549. The SMILES string of the molecule is Cc1ccc2c3ccccc3n(O)c2c1. The number of nitrogens with zero attached hydrogens (tertiary/aromatic N) is 1. The molecule has 1 N–H and O–H groups in total. The maximum absolute atomic E-state index is 9.99. The minimum Gasteiger partial charge on any atom is -0.428 e. The number of benzene rings is 2. The van der Waals surface area contributed by atoms with Gasteiger partial charge in [-0.1, -0.05) is 30.3 Å². The Bertz CT molecular complexity index is 652. The van der Waals surface area contributed by atoms with Crippen molar-refractivity contribution < 1.29 is 5.21 Å². The molecule has 2 aromatic carbocycles. The van der Waals surface area contributed by atoms with Crippen molar-refractivity contribution in [3.63, 3.8) is 0 Å². The first-order valence-corrected chi connectivity index (χ1v) is 4.96. The van der Waals surface area contributed by atoms with Gasteiger partial charge in [0.15, 0.2) is 0 Å². The van der Waals surface area contributed by atoms with E-state index in [0.29, 0.717) is 0 Å². The van der Waals surface area contributed by atoms with Crippen LogP contribution >= 0.6 is 0 Å². The lowest BCUT2D eigenvalue weighted by Gasteiger charge is -1.96. The van der Waals surface area contributed by atoms with Gasteiger partial charge in [-0.05, 0) is 24.6 Å². The van der Waals surface area contributed by atoms with E-state index in [2.05, 4.69) is 12.1 Å². The Balaban J connectivity index is 2.63. The molecule has 2 heteroatoms. The van der Waals surface area contributed by atoms with Crippen LogP contribution in [0.4, 0.5) is 0 Å². The molecule has 1 aromatic heterocycles. The van der Waals surface area contributed by atoms with Gasteiger partial charge in [-0.15, -0.1) is 0 Å². The number of fused-ring (bicyclic) bond motifs is 3. The second-order valence-electron chi connectivity index (χ2n) is 3.85. The van der Waals surface area contributed by atoms with E-state index < -0.39 is 0 Å². The second kappa shape index (κ2) is 2.76. The largest absolute Gasteiger partial charge is 0.428 e. The number of hydrogen-bond donors (Lipinski definition) is 1. The van der Waals surface area contributed by atoms with Gasteiger partial charge in [-0.3, -0.25) is 0 Å². The number of hydrogen-bond acceptors (Lipinski definition) is 1. The molecule has 0 spiro atoms. The minimum atomic E-state index is 0.859. The smallest absolute Gasteiger partial charge is 0.0881 e. The fourth-order valence-electron chi connectivity index (χ4n) is 2.06. The van der Waals surface area contributed by atoms with Crippen LogP contribution in [0.1, 0.15) is 5.56 Å². The Kier molecular flexibility index (Phi) is 1.54. The van der Waals surface area contributed by atoms with Crippen molar-refractivity contribution in [3.8, 4) is 0 Å². The van der Waals surface area contributed by atoms with Gasteiger partial charge in [-0.2, -0.15) is 4.73 Å². The van der Waals surface area contributed by atoms with Crippen LogP contribution in [0, 0.1) is 6.92 Å². The van der Waals surface area contributed by atoms with E-state index in [1.807, 2.05) is 37.3 Å². The zero-order valence-corrected chi connectivity index (χ0v) is 8.44. The van der Waals surface area contributed by atoms with E-state index in [0.717, 1.165) is 27.4 Å². The van der Waals surface area contributed by atoms with Crippen molar-refractivity contribution >= 4 is 21.8 Å². The highest BCUT2D eigenvalue weighted by Gasteiger charge is 2.08. The Labute approximate surface area is 87.3 Å². The van der Waals surface area contributed by atoms with Gasteiger partial charge in [-0.25, -0.2) is 0 Å². The summed E-state index contributed by atoms with van der Waals surface area (Å²) in [4.78, 5) is 0. The minimum absolute atomic E-state index is 0.859. The maximum Gasteiger partial charge on any atom is 0.0881 e. The number of para-hydroxylation sites is 1. The normalized spacial score (nSPS) is 11.3. The van der Waals surface area contributed by atoms with Crippen molar-refractivity contribution in [2.45, 2.75) is 6.92 Å². The molecule has 0 amide bonds. The summed E-state index contributed by atoms with van der Waals surface area (Å²) >= 11 is 0. The molecule has 74 valence electrons. The third-order valence-corrected chi connectivity index (χ3v) is 2.80. The summed E-state index contributed by atoms with van der Waals surface area (Å²) in [6.45, 7) is 2.02. The predicted molar refractivity (Wildman–Crippen MR) is 61.4 cm³/mol. The molecule has 15 heavy (non-hydrogen) atoms. The summed E-state index contributed by atoms with van der Waals surface area (Å²) in [7, 11) is 0. The Morgan fingerprint density at radius 3 is 2.53 bits per heavy atom. The molecule has 0 saturated heterocycles. The molecular weight excluding hydrogens is 186 g/mol. The highest BCUT2D eigenvalue weighted by Crippen LogP contribution is 2.27. The van der Waals surface area contributed by atoms with Gasteiger partial charge in [0.25, 0.3) is 0 Å². The van der Waals surface area contributed by atoms with Gasteiger partial charge < -0.3 is 5.21 Å². The van der Waals surface area contributed by atoms with E-state index in [-0.39, 0.29) is 0 Å². The summed E-state index contributed by atoms with van der Waals surface area (Å²) < 4.78 is 1.26. The van der Waals surface area contributed by atoms with E-state index in [1.54, 1.807) is 0 Å². The average Bonchev–Trinajstić information content (AvgIpc) is 2.54. The molecule has 0 unspecified atom stereocenters. The van der Waals surface area contributed by atoms with E-state index in [9.17, 15) is 5.21 Å². The third-order valence-electron chi connectivity index (χ3n) is 2.80. The third kappa shape index (κ3) is 1.05. The van der Waals surface area contributed by atoms with E-state index >= 15 is 0 Å². The molecule has 0 atom stereocenters. The van der Waals surface area contributed by atoms with Crippen LogP contribution in [-0.4, -0.2) is 9.94 Å². The van der Waals surface area contributed by atoms with E-state index in [1.165, 1.54) is 4.73 Å². The highest BCUT2D eigenvalue weighted by molar-refractivity contribution is 6.07. The van der Waals surface area contributed by atoms with Gasteiger partial charge in [0, 0.05) is 10.8 Å². The molecule has 0 radical (unpaired) electrons. The van der Waals surface area contributed by atoms with E-state index in [4.69, 9.17) is 0 Å². The van der Waals surface area contributed by atoms with Crippen LogP contribution in [0.15, 0.2) is 42.5 Å². The Hall–Kier alpha value is -1.96. The topological polar surface area (TPSA) is 25.2 Å². The molecule has 0 aliphatic carbocycles. The lowest BCUT2D eigenvalue weighted by atomic mass is 10.1. The first kappa shape index (κ1) is 8.36. The summed E-state index contributed by atoms with van der Waals surface area (Å²) in [5.41, 5.74) is 2.88. The monoisotopic (exact) mass is 197 g/mol. The van der Waals surface area contributed by atoms with Gasteiger partial charge in [0.1, 0.15) is 0 Å². The first-order valence-electron chi connectivity index (χ1n) is 4.96. The zero-order chi connectivity index (χ0) is 10.4. The van der Waals surface area contributed by atoms with Crippen molar-refractivity contribution in [1.29, 1.82) is 0 Å². The van der Waals surface area contributed by atoms with Gasteiger partial charge >= 0.3 is 0 Å². The van der Waals surface area contributed by atoms with Crippen LogP contribution in [0.25, 0.3) is 21.8 Å². The van der Waals surface area contributed by atoms with Crippen LogP contribution < -0.4 is 0 Å². The summed E-state index contributed by atoms with van der Waals surface area (Å²) in [6.07, 6.45) is 0. The zero-order valence-electron chi connectivity index (χ0n) is 8.44. The molecular formula is C13H11NO. The van der Waals surface area contributed by atoms with Gasteiger partial charge in [0.05, 0.1) is 11.0 Å². The summed E-state index contributed by atoms with van der Waals surface area (Å²) in [5, 5.41) is 12.2. The summed E-state index contributed by atoms with van der Waals surface area (Å²) in [6, 6.07) is 14.0. The van der Waals surface area contributed by atoms with Crippen molar-refractivity contribution in [2.24, 2.45) is 0 Å². The van der Waals surface area contributed by atoms with Crippen LogP contribution in [0.3, 0.4) is 0 Å². The van der Waals surface area contributed by atoms with Crippen LogP contribution in [0.2, 0.25) is 0 Å². The first-order chi connectivity index (χ1) is 7.27. The molecule has 3 aromatic rings. The van der Waals surface area contributed by atoms with Crippen molar-refractivity contribution in [2.75, 3.05) is 0 Å². The van der Waals surface area contributed by atoms with Crippen molar-refractivity contribution in [1.82, 2.24) is 4.73 Å². The van der Waals surface area contributed by atoms with Gasteiger partial charge in [0.2, 0.25) is 0 Å². The van der Waals surface area contributed by atoms with Crippen LogP contribution in [-0.2, 0) is 0 Å². The summed E-state index contributed by atoms with van der Waals surface area (Å²) in [5.74, 6) is 0. The molecule has 3 rings (SSSR count). The number of rotatable bonds is 0. The Morgan fingerprint density at radius 1 is 0.933 bits per heavy atom. The molecule has 1 heterocycles.